The quantitative estimate of drug-likeness (QED) is 0.865. The number of ether oxygens (including phenoxy) is 1. The van der Waals surface area contributed by atoms with Gasteiger partial charge in [-0.3, -0.25) is 4.98 Å². The van der Waals surface area contributed by atoms with Gasteiger partial charge in [0.2, 0.25) is 0 Å². The van der Waals surface area contributed by atoms with Crippen LogP contribution in [0.2, 0.25) is 0 Å². The topological polar surface area (TPSA) is 48.1 Å². The predicted octanol–water partition coefficient (Wildman–Crippen LogP) is 3.91. The van der Waals surface area contributed by atoms with E-state index in [2.05, 4.69) is 20.9 Å². The van der Waals surface area contributed by atoms with Crippen molar-refractivity contribution in [3.05, 3.63) is 28.9 Å². The average molecular weight is 335 g/mol. The van der Waals surface area contributed by atoms with Crippen molar-refractivity contribution in [3.8, 4) is 5.75 Å². The Kier molecular flexibility index (Phi) is 3.84. The fourth-order valence-corrected chi connectivity index (χ4v) is 1.91. The van der Waals surface area contributed by atoms with Gasteiger partial charge in [-0.15, -0.1) is 0 Å². The molecular weight excluding hydrogens is 325 g/mol. The number of halogens is 4. The Bertz CT molecular complexity index is 601. The van der Waals surface area contributed by atoms with E-state index < -0.39 is 19.2 Å². The second kappa shape index (κ2) is 5.24. The normalized spacial score (nSPS) is 11.8. The monoisotopic (exact) mass is 334 g/mol. The Morgan fingerprint density at radius 3 is 2.74 bits per heavy atom. The van der Waals surface area contributed by atoms with Crippen LogP contribution in [0.4, 0.5) is 18.9 Å². The molecular formula is C12H10BrF3N2O. The molecule has 0 aliphatic heterocycles. The predicted molar refractivity (Wildman–Crippen MR) is 70.0 cm³/mol. The maximum absolute atomic E-state index is 12.1. The molecule has 2 N–H and O–H groups in total. The molecule has 102 valence electrons. The summed E-state index contributed by atoms with van der Waals surface area (Å²) in [5.41, 5.74) is 6.74. The second-order valence-electron chi connectivity index (χ2n) is 3.92. The molecule has 7 heteroatoms. The molecule has 19 heavy (non-hydrogen) atoms. The zero-order valence-corrected chi connectivity index (χ0v) is 11.3. The van der Waals surface area contributed by atoms with Gasteiger partial charge in [0, 0.05) is 21.7 Å². The van der Waals surface area contributed by atoms with Gasteiger partial charge >= 0.3 is 6.18 Å². The zero-order chi connectivity index (χ0) is 14.0. The summed E-state index contributed by atoms with van der Waals surface area (Å²) in [4.78, 5) is 4.12. The number of nitrogen functional groups attached to an aromatic ring is 1. The zero-order valence-electron chi connectivity index (χ0n) is 9.67. The van der Waals surface area contributed by atoms with Crippen molar-refractivity contribution < 1.29 is 17.9 Å². The molecule has 0 saturated heterocycles. The standard InChI is InChI=1S/C12H10BrF3N2O/c13-7-5-8-9(17)1-2-10(11(8)18-6-7)19-4-3-12(14,15)16/h1-2,5-6H,3-4,17H2. The third-order valence-corrected chi connectivity index (χ3v) is 2.89. The van der Waals surface area contributed by atoms with Crippen LogP contribution in [0.15, 0.2) is 28.9 Å². The molecule has 1 aromatic carbocycles. The number of benzene rings is 1. The summed E-state index contributed by atoms with van der Waals surface area (Å²) in [7, 11) is 0. The first-order chi connectivity index (χ1) is 8.87. The first-order valence-electron chi connectivity index (χ1n) is 5.40. The van der Waals surface area contributed by atoms with E-state index in [1.165, 1.54) is 6.07 Å². The van der Waals surface area contributed by atoms with Gasteiger partial charge in [0.15, 0.2) is 0 Å². The van der Waals surface area contributed by atoms with Gasteiger partial charge < -0.3 is 10.5 Å². The van der Waals surface area contributed by atoms with Crippen molar-refractivity contribution in [2.75, 3.05) is 12.3 Å². The Labute approximate surface area is 115 Å². The van der Waals surface area contributed by atoms with Crippen LogP contribution >= 0.6 is 15.9 Å². The molecule has 0 amide bonds. The van der Waals surface area contributed by atoms with Gasteiger partial charge in [0.1, 0.15) is 11.3 Å². The Morgan fingerprint density at radius 1 is 1.32 bits per heavy atom. The van der Waals surface area contributed by atoms with E-state index in [0.717, 1.165) is 4.47 Å². The lowest BCUT2D eigenvalue weighted by molar-refractivity contribution is -0.139. The highest BCUT2D eigenvalue weighted by Crippen LogP contribution is 2.31. The molecule has 0 saturated carbocycles. The van der Waals surface area contributed by atoms with Crippen molar-refractivity contribution in [2.45, 2.75) is 12.6 Å². The number of anilines is 1. The summed E-state index contributed by atoms with van der Waals surface area (Å²) < 4.78 is 42.1. The van der Waals surface area contributed by atoms with Gasteiger partial charge in [-0.25, -0.2) is 0 Å². The lowest BCUT2D eigenvalue weighted by atomic mass is 10.1. The maximum Gasteiger partial charge on any atom is 0.392 e. The molecule has 0 bridgehead atoms. The van der Waals surface area contributed by atoms with E-state index in [-0.39, 0.29) is 0 Å². The SMILES string of the molecule is Nc1ccc(OCCC(F)(F)F)c2ncc(Br)cc12. The molecule has 0 atom stereocenters. The summed E-state index contributed by atoms with van der Waals surface area (Å²) in [5, 5.41) is 0.638. The largest absolute Gasteiger partial charge is 0.491 e. The number of fused-ring (bicyclic) bond motifs is 1. The Balaban J connectivity index is 2.27. The van der Waals surface area contributed by atoms with Crippen LogP contribution in [0.25, 0.3) is 10.9 Å². The van der Waals surface area contributed by atoms with Gasteiger partial charge in [-0.05, 0) is 34.1 Å². The third kappa shape index (κ3) is 3.50. The molecule has 0 aliphatic rings. The molecule has 2 aromatic rings. The van der Waals surface area contributed by atoms with E-state index in [9.17, 15) is 13.2 Å². The number of alkyl halides is 3. The molecule has 0 unspecified atom stereocenters. The highest BCUT2D eigenvalue weighted by atomic mass is 79.9. The van der Waals surface area contributed by atoms with E-state index in [1.54, 1.807) is 18.3 Å². The van der Waals surface area contributed by atoms with Crippen LogP contribution in [0.5, 0.6) is 5.75 Å². The van der Waals surface area contributed by atoms with E-state index in [0.29, 0.717) is 22.3 Å². The highest BCUT2D eigenvalue weighted by molar-refractivity contribution is 9.10. The maximum atomic E-state index is 12.1. The van der Waals surface area contributed by atoms with E-state index in [1.807, 2.05) is 0 Å². The van der Waals surface area contributed by atoms with Crippen LogP contribution < -0.4 is 10.5 Å². The molecule has 3 nitrogen and oxygen atoms in total. The number of nitrogens with two attached hydrogens (primary N) is 1. The fourth-order valence-electron chi connectivity index (χ4n) is 1.58. The first-order valence-corrected chi connectivity index (χ1v) is 6.19. The van der Waals surface area contributed by atoms with Crippen LogP contribution in [-0.2, 0) is 0 Å². The molecule has 2 rings (SSSR count). The summed E-state index contributed by atoms with van der Waals surface area (Å²) >= 11 is 3.26. The smallest absolute Gasteiger partial charge is 0.392 e. The summed E-state index contributed by atoms with van der Waals surface area (Å²) in [6.07, 6.45) is -3.70. The molecule has 0 spiro atoms. The van der Waals surface area contributed by atoms with Crippen molar-refractivity contribution in [3.63, 3.8) is 0 Å². The van der Waals surface area contributed by atoms with Gasteiger partial charge in [0.25, 0.3) is 0 Å². The molecule has 1 heterocycles. The van der Waals surface area contributed by atoms with Crippen molar-refractivity contribution in [2.24, 2.45) is 0 Å². The lowest BCUT2D eigenvalue weighted by Crippen LogP contribution is -2.13. The van der Waals surface area contributed by atoms with E-state index in [4.69, 9.17) is 10.5 Å². The minimum absolute atomic E-state index is 0.293. The van der Waals surface area contributed by atoms with Crippen LogP contribution in [-0.4, -0.2) is 17.8 Å². The molecule has 0 aliphatic carbocycles. The number of rotatable bonds is 3. The lowest BCUT2D eigenvalue weighted by Gasteiger charge is -2.11. The molecule has 0 fully saturated rings. The van der Waals surface area contributed by atoms with Gasteiger partial charge in [-0.2, -0.15) is 13.2 Å². The molecule has 1 aromatic heterocycles. The van der Waals surface area contributed by atoms with E-state index >= 15 is 0 Å². The summed E-state index contributed by atoms with van der Waals surface area (Å²) in [5.74, 6) is 0.293. The van der Waals surface area contributed by atoms with Crippen LogP contribution in [0.3, 0.4) is 0 Å². The van der Waals surface area contributed by atoms with Crippen molar-refractivity contribution >= 4 is 32.5 Å². The Morgan fingerprint density at radius 2 is 2.05 bits per heavy atom. The highest BCUT2D eigenvalue weighted by Gasteiger charge is 2.27. The van der Waals surface area contributed by atoms with Crippen molar-refractivity contribution in [1.29, 1.82) is 0 Å². The van der Waals surface area contributed by atoms with Crippen LogP contribution in [0.1, 0.15) is 6.42 Å². The Hall–Kier alpha value is -1.50. The average Bonchev–Trinajstić information content (AvgIpc) is 2.31. The van der Waals surface area contributed by atoms with Crippen LogP contribution in [0, 0.1) is 0 Å². The molecule has 0 radical (unpaired) electrons. The minimum Gasteiger partial charge on any atom is -0.491 e. The van der Waals surface area contributed by atoms with Gasteiger partial charge in [0.05, 0.1) is 13.0 Å². The number of pyridine rings is 1. The minimum atomic E-state index is -4.24. The first kappa shape index (κ1) is 13.9. The second-order valence-corrected chi connectivity index (χ2v) is 4.83. The summed E-state index contributed by atoms with van der Waals surface area (Å²) in [6, 6.07) is 4.85. The van der Waals surface area contributed by atoms with Gasteiger partial charge in [-0.1, -0.05) is 0 Å². The third-order valence-electron chi connectivity index (χ3n) is 2.46. The number of hydrogen-bond donors (Lipinski definition) is 1. The fraction of sp³-hybridized carbons (Fsp3) is 0.250. The summed E-state index contributed by atoms with van der Waals surface area (Å²) in [6.45, 7) is -0.444. The number of nitrogens with zero attached hydrogens (tertiary/aromatic N) is 1. The number of hydrogen-bond acceptors (Lipinski definition) is 3. The number of aromatic nitrogens is 1. The van der Waals surface area contributed by atoms with Crippen molar-refractivity contribution in [1.82, 2.24) is 4.98 Å².